The van der Waals surface area contributed by atoms with E-state index in [9.17, 15) is 9.59 Å². The van der Waals surface area contributed by atoms with Crippen LogP contribution >= 0.6 is 28.3 Å². The van der Waals surface area contributed by atoms with Gasteiger partial charge in [-0.3, -0.25) is 14.7 Å². The molecule has 0 bridgehead atoms. The summed E-state index contributed by atoms with van der Waals surface area (Å²) in [4.78, 5) is 22.9. The smallest absolute Gasteiger partial charge is 0.244 e. The lowest BCUT2D eigenvalue weighted by Gasteiger charge is -2.06. The van der Waals surface area contributed by atoms with Crippen molar-refractivity contribution in [1.29, 1.82) is 0 Å². The molecule has 2 rings (SSSR count). The van der Waals surface area contributed by atoms with Gasteiger partial charge < -0.3 is 16.4 Å². The molecule has 0 saturated carbocycles. The topological polar surface area (TPSA) is 113 Å². The highest BCUT2D eigenvalue weighted by Crippen LogP contribution is 2.28. The van der Waals surface area contributed by atoms with E-state index in [-0.39, 0.29) is 37.3 Å². The van der Waals surface area contributed by atoms with Crippen LogP contribution in [0.2, 0.25) is 0 Å². The average molecular weight is 417 g/mol. The van der Waals surface area contributed by atoms with E-state index in [0.29, 0.717) is 12.2 Å². The fourth-order valence-corrected chi connectivity index (χ4v) is 2.36. The molecule has 0 atom stereocenters. The largest absolute Gasteiger partial charge is 0.346 e. The van der Waals surface area contributed by atoms with Gasteiger partial charge in [0.2, 0.25) is 11.8 Å². The monoisotopic (exact) mass is 415 g/mol. The number of benzene rings is 1. The van der Waals surface area contributed by atoms with Gasteiger partial charge in [-0.2, -0.15) is 5.10 Å². The molecular weight excluding hydrogens is 398 g/mol. The standard InChI is InChI=1S/C15H18BrN5O2.ClH/c1-2-11-14(9-3-5-10(16)6-4-9)20-21-15(11)19-13(23)8-18-12(22)7-17;/h3-6H,2,7-8,17H2,1H3,(H,18,22)(H2,19,20,21,23);1H. The summed E-state index contributed by atoms with van der Waals surface area (Å²) in [6, 6.07) is 7.81. The zero-order valence-electron chi connectivity index (χ0n) is 13.1. The minimum absolute atomic E-state index is 0. The summed E-state index contributed by atoms with van der Waals surface area (Å²) in [7, 11) is 0. The van der Waals surface area contributed by atoms with Crippen LogP contribution in [0.15, 0.2) is 28.7 Å². The zero-order valence-corrected chi connectivity index (χ0v) is 15.5. The van der Waals surface area contributed by atoms with Gasteiger partial charge in [0.05, 0.1) is 18.8 Å². The molecule has 0 aliphatic carbocycles. The Morgan fingerprint density at radius 2 is 1.92 bits per heavy atom. The van der Waals surface area contributed by atoms with Crippen LogP contribution < -0.4 is 16.4 Å². The van der Waals surface area contributed by atoms with E-state index < -0.39 is 0 Å². The van der Waals surface area contributed by atoms with E-state index in [1.54, 1.807) is 0 Å². The minimum Gasteiger partial charge on any atom is -0.346 e. The van der Waals surface area contributed by atoms with Crippen molar-refractivity contribution in [2.75, 3.05) is 18.4 Å². The van der Waals surface area contributed by atoms with Crippen molar-refractivity contribution in [3.8, 4) is 11.3 Å². The Morgan fingerprint density at radius 3 is 2.50 bits per heavy atom. The molecule has 0 fully saturated rings. The van der Waals surface area contributed by atoms with Gasteiger partial charge in [-0.15, -0.1) is 12.4 Å². The Balaban J connectivity index is 0.00000288. The van der Waals surface area contributed by atoms with Gasteiger partial charge in [-0.25, -0.2) is 0 Å². The quantitative estimate of drug-likeness (QED) is 0.575. The van der Waals surface area contributed by atoms with E-state index in [4.69, 9.17) is 5.73 Å². The van der Waals surface area contributed by atoms with Gasteiger partial charge >= 0.3 is 0 Å². The van der Waals surface area contributed by atoms with Crippen LogP contribution in [0.5, 0.6) is 0 Å². The highest BCUT2D eigenvalue weighted by atomic mass is 79.9. The number of aromatic nitrogens is 2. The Kier molecular flexibility index (Phi) is 7.90. The van der Waals surface area contributed by atoms with Gasteiger partial charge in [0.15, 0.2) is 5.82 Å². The highest BCUT2D eigenvalue weighted by molar-refractivity contribution is 9.10. The number of hydrogen-bond donors (Lipinski definition) is 4. The second-order valence-corrected chi connectivity index (χ2v) is 5.73. The van der Waals surface area contributed by atoms with Crippen LogP contribution in [0.4, 0.5) is 5.82 Å². The van der Waals surface area contributed by atoms with Gasteiger partial charge in [0.1, 0.15) is 0 Å². The Morgan fingerprint density at radius 1 is 1.25 bits per heavy atom. The van der Waals surface area contributed by atoms with Crippen molar-refractivity contribution in [3.05, 3.63) is 34.3 Å². The fraction of sp³-hybridized carbons (Fsp3) is 0.267. The van der Waals surface area contributed by atoms with E-state index in [2.05, 4.69) is 36.8 Å². The van der Waals surface area contributed by atoms with Gasteiger partial charge in [0.25, 0.3) is 0 Å². The third kappa shape index (κ3) is 5.05. The van der Waals surface area contributed by atoms with Crippen LogP contribution in [-0.4, -0.2) is 35.1 Å². The molecule has 0 saturated heterocycles. The van der Waals surface area contributed by atoms with Crippen molar-refractivity contribution < 1.29 is 9.59 Å². The van der Waals surface area contributed by atoms with Crippen molar-refractivity contribution in [3.63, 3.8) is 0 Å². The van der Waals surface area contributed by atoms with Crippen LogP contribution in [-0.2, 0) is 16.0 Å². The normalized spacial score (nSPS) is 9.96. The number of H-pyrrole nitrogens is 1. The Bertz CT molecular complexity index is 702. The van der Waals surface area contributed by atoms with E-state index in [1.807, 2.05) is 31.2 Å². The van der Waals surface area contributed by atoms with E-state index in [0.717, 1.165) is 21.3 Å². The summed E-state index contributed by atoms with van der Waals surface area (Å²) in [6.07, 6.45) is 0.701. The molecule has 0 aliphatic heterocycles. The number of carbonyl (C=O) groups is 2. The summed E-state index contributed by atoms with van der Waals surface area (Å²) in [6.45, 7) is 1.70. The number of nitrogens with two attached hydrogens (primary N) is 1. The van der Waals surface area contributed by atoms with Crippen molar-refractivity contribution in [2.24, 2.45) is 5.73 Å². The number of nitrogens with one attached hydrogen (secondary N) is 3. The maximum absolute atomic E-state index is 11.9. The highest BCUT2D eigenvalue weighted by Gasteiger charge is 2.15. The first-order chi connectivity index (χ1) is 11.0. The molecule has 0 unspecified atom stereocenters. The number of carbonyl (C=O) groups excluding carboxylic acids is 2. The zero-order chi connectivity index (χ0) is 16.8. The summed E-state index contributed by atoms with van der Waals surface area (Å²) < 4.78 is 0.989. The molecule has 1 aromatic carbocycles. The van der Waals surface area contributed by atoms with E-state index in [1.165, 1.54) is 0 Å². The first-order valence-corrected chi connectivity index (χ1v) is 7.94. The van der Waals surface area contributed by atoms with Gasteiger partial charge in [-0.1, -0.05) is 35.0 Å². The molecule has 9 heteroatoms. The predicted molar refractivity (Wildman–Crippen MR) is 99.0 cm³/mol. The Hall–Kier alpha value is -1.90. The third-order valence-electron chi connectivity index (χ3n) is 3.24. The number of rotatable bonds is 6. The summed E-state index contributed by atoms with van der Waals surface area (Å²) in [5, 5.41) is 12.2. The molecular formula is C15H19BrClN5O2. The van der Waals surface area contributed by atoms with Crippen LogP contribution in [0.3, 0.4) is 0 Å². The molecule has 1 heterocycles. The van der Waals surface area contributed by atoms with Gasteiger partial charge in [0, 0.05) is 10.0 Å². The van der Waals surface area contributed by atoms with Crippen LogP contribution in [0.25, 0.3) is 11.3 Å². The molecule has 5 N–H and O–H groups in total. The first-order valence-electron chi connectivity index (χ1n) is 7.15. The van der Waals surface area contributed by atoms with Crippen molar-refractivity contribution in [1.82, 2.24) is 15.5 Å². The molecule has 1 aromatic heterocycles. The number of aromatic amines is 1. The van der Waals surface area contributed by atoms with Gasteiger partial charge in [-0.05, 0) is 24.1 Å². The number of nitrogens with zero attached hydrogens (tertiary/aromatic N) is 1. The maximum atomic E-state index is 11.9. The number of anilines is 1. The number of hydrogen-bond acceptors (Lipinski definition) is 4. The summed E-state index contributed by atoms with van der Waals surface area (Å²) >= 11 is 3.40. The lowest BCUT2D eigenvalue weighted by molar-refractivity contribution is -0.123. The average Bonchev–Trinajstić information content (AvgIpc) is 2.95. The number of halogens is 2. The van der Waals surface area contributed by atoms with Crippen LogP contribution in [0, 0.1) is 0 Å². The third-order valence-corrected chi connectivity index (χ3v) is 3.77. The fourth-order valence-electron chi connectivity index (χ4n) is 2.10. The summed E-state index contributed by atoms with van der Waals surface area (Å²) in [5.41, 5.74) is 7.92. The second kappa shape index (κ2) is 9.41. The van der Waals surface area contributed by atoms with Crippen molar-refractivity contribution >= 4 is 46.0 Å². The molecule has 7 nitrogen and oxygen atoms in total. The molecule has 2 aromatic rings. The SMILES string of the molecule is CCc1c(NC(=O)CNC(=O)CN)n[nH]c1-c1ccc(Br)cc1.Cl. The Labute approximate surface area is 154 Å². The predicted octanol–water partition coefficient (Wildman–Crippen LogP) is 1.84. The molecule has 0 spiro atoms. The molecule has 130 valence electrons. The van der Waals surface area contributed by atoms with Crippen molar-refractivity contribution in [2.45, 2.75) is 13.3 Å². The van der Waals surface area contributed by atoms with Crippen LogP contribution in [0.1, 0.15) is 12.5 Å². The molecule has 24 heavy (non-hydrogen) atoms. The lowest BCUT2D eigenvalue weighted by Crippen LogP contribution is -2.36. The lowest BCUT2D eigenvalue weighted by atomic mass is 10.1. The number of amides is 2. The second-order valence-electron chi connectivity index (χ2n) is 4.82. The molecule has 2 amide bonds. The molecule has 0 radical (unpaired) electrons. The summed E-state index contributed by atoms with van der Waals surface area (Å²) in [5.74, 6) is -0.263. The maximum Gasteiger partial charge on any atom is 0.244 e. The van der Waals surface area contributed by atoms with E-state index >= 15 is 0 Å². The first kappa shape index (κ1) is 20.1. The minimum atomic E-state index is -0.381. The molecule has 0 aliphatic rings.